The van der Waals surface area contributed by atoms with Crippen LogP contribution in [0.2, 0.25) is 0 Å². The predicted octanol–water partition coefficient (Wildman–Crippen LogP) is 5.30. The molecule has 4 aromatic heterocycles. The number of aromatic nitrogens is 4. The smallest absolute Gasteiger partial charge is 0.381 e. The van der Waals surface area contributed by atoms with Gasteiger partial charge in [0.05, 0.1) is 22.8 Å². The zero-order valence-electron chi connectivity index (χ0n) is 24.7. The fourth-order valence-electron chi connectivity index (χ4n) is 4.65. The number of alkyl halides is 1. The van der Waals surface area contributed by atoms with E-state index in [0.717, 1.165) is 48.8 Å². The van der Waals surface area contributed by atoms with Crippen molar-refractivity contribution in [2.24, 2.45) is 0 Å². The molecule has 1 saturated heterocycles. The van der Waals surface area contributed by atoms with Crippen molar-refractivity contribution in [1.29, 1.82) is 0 Å². The van der Waals surface area contributed by atoms with E-state index in [0.29, 0.717) is 0 Å². The zero-order valence-corrected chi connectivity index (χ0v) is 26.8. The molecule has 0 radical (unpaired) electrons. The van der Waals surface area contributed by atoms with Crippen LogP contribution in [0.15, 0.2) is 73.3 Å². The summed E-state index contributed by atoms with van der Waals surface area (Å²) in [5, 5.41) is 0. The summed E-state index contributed by atoms with van der Waals surface area (Å²) in [4.78, 5) is 19.5. The molecule has 0 unspecified atom stereocenters. The first-order valence-corrected chi connectivity index (χ1v) is 15.8. The third-order valence-electron chi connectivity index (χ3n) is 6.76. The average molecular weight is 643 g/mol. The molecule has 7 heteroatoms. The summed E-state index contributed by atoms with van der Waals surface area (Å²) in [6, 6.07) is 16.5. The Morgan fingerprint density at radius 2 is 1.10 bits per heavy atom. The summed E-state index contributed by atoms with van der Waals surface area (Å²) in [6.45, 7) is 12.2. The molecule has 3 aliphatic rings. The van der Waals surface area contributed by atoms with Gasteiger partial charge in [-0.05, 0) is 64.3 Å². The van der Waals surface area contributed by atoms with Crippen molar-refractivity contribution in [1.82, 2.24) is 19.9 Å². The molecule has 5 nitrogen and oxygen atoms in total. The maximum atomic E-state index is 4.94. The molecule has 206 valence electrons. The minimum absolute atomic E-state index is 0. The molecule has 2 aliphatic carbocycles. The Bertz CT molecular complexity index is 1210. The predicted molar refractivity (Wildman–Crippen MR) is 170 cm³/mol. The van der Waals surface area contributed by atoms with Crippen molar-refractivity contribution < 1.29 is 23.6 Å². The van der Waals surface area contributed by atoms with Crippen molar-refractivity contribution in [3.63, 3.8) is 0 Å². The third-order valence-corrected chi connectivity index (χ3v) is 6.76. The summed E-state index contributed by atoms with van der Waals surface area (Å²) in [7, 11) is 0. The van der Waals surface area contributed by atoms with Gasteiger partial charge in [0.1, 0.15) is 0 Å². The van der Waals surface area contributed by atoms with Crippen LogP contribution in [0.3, 0.4) is 0 Å². The molecule has 0 bridgehead atoms. The Hall–Kier alpha value is -2.11. The molecule has 0 N–H and O–H groups in total. The van der Waals surface area contributed by atoms with Crippen LogP contribution >= 0.6 is 22.6 Å². The first-order valence-electron chi connectivity index (χ1n) is 13.6. The SMILES string of the molecule is C1CCOC1.CC1(C)c2cccnc2-c2ncccc21.CI.[CH2-]CCC.[Li+].c1cnc2c(c1)Cc1cccnc1-2. The van der Waals surface area contributed by atoms with Crippen LogP contribution in [0.4, 0.5) is 0 Å². The second-order valence-corrected chi connectivity index (χ2v) is 9.80. The standard InChI is InChI=1S/C13H12N2.C11H8N2.C4H8O.C4H9.CH3I.Li/c1-13(2)9-5-3-7-14-11(9)12-10(13)6-4-8-15-12;1-3-8-7-9-4-2-6-13-11(9)10(8)12-5-1;1-2-4-5-3-1;1-3-4-2;1-2;/h3-8H,1-2H3;1-6H,7H2;1-4H2;1,3-4H2,2H3;1H3;/q;;;-1;;+1. The first kappa shape index (κ1) is 34.1. The number of hydrogen-bond acceptors (Lipinski definition) is 5. The van der Waals surface area contributed by atoms with Crippen molar-refractivity contribution in [3.8, 4) is 22.8 Å². The average Bonchev–Trinajstić information content (AvgIpc) is 3.75. The Kier molecular flexibility index (Phi) is 15.0. The summed E-state index contributed by atoms with van der Waals surface area (Å²) >= 11 is 2.15. The second kappa shape index (κ2) is 17.6. The number of nitrogens with zero attached hydrogens (tertiary/aromatic N) is 4. The van der Waals surface area contributed by atoms with E-state index in [1.165, 1.54) is 41.5 Å². The minimum atomic E-state index is 0. The number of fused-ring (bicyclic) bond motifs is 6. The molecule has 4 aromatic rings. The number of hydrogen-bond donors (Lipinski definition) is 0. The van der Waals surface area contributed by atoms with E-state index in [-0.39, 0.29) is 24.3 Å². The Balaban J connectivity index is 0.000000203. The molecule has 0 saturated carbocycles. The van der Waals surface area contributed by atoms with E-state index in [2.05, 4.69) is 94.5 Å². The van der Waals surface area contributed by atoms with Gasteiger partial charge >= 0.3 is 18.9 Å². The summed E-state index contributed by atoms with van der Waals surface area (Å²) < 4.78 is 4.94. The van der Waals surface area contributed by atoms with Crippen molar-refractivity contribution in [2.75, 3.05) is 18.1 Å². The number of ether oxygens (including phenoxy) is 1. The first-order chi connectivity index (χ1) is 19.1. The van der Waals surface area contributed by atoms with E-state index >= 15 is 0 Å². The van der Waals surface area contributed by atoms with Gasteiger partial charge in [-0.1, -0.05) is 74.0 Å². The van der Waals surface area contributed by atoms with Crippen LogP contribution in [0.5, 0.6) is 0 Å². The van der Waals surface area contributed by atoms with E-state index < -0.39 is 0 Å². The fourth-order valence-corrected chi connectivity index (χ4v) is 4.65. The number of pyridine rings is 4. The minimum Gasteiger partial charge on any atom is -0.381 e. The Morgan fingerprint density at radius 3 is 1.45 bits per heavy atom. The molecule has 0 spiro atoms. The fraction of sp³-hybridized carbons (Fsp3) is 0.364. The normalized spacial score (nSPS) is 13.8. The molecule has 40 heavy (non-hydrogen) atoms. The van der Waals surface area contributed by atoms with Crippen molar-refractivity contribution >= 4 is 22.6 Å². The maximum Gasteiger partial charge on any atom is 1.00 e. The molecular weight excluding hydrogens is 602 g/mol. The number of rotatable bonds is 1. The van der Waals surface area contributed by atoms with Crippen LogP contribution in [-0.4, -0.2) is 38.1 Å². The summed E-state index contributed by atoms with van der Waals surface area (Å²) in [6.07, 6.45) is 13.1. The Morgan fingerprint density at radius 1 is 0.725 bits per heavy atom. The van der Waals surface area contributed by atoms with Gasteiger partial charge in [0.2, 0.25) is 0 Å². The van der Waals surface area contributed by atoms with E-state index in [9.17, 15) is 0 Å². The molecule has 0 atom stereocenters. The van der Waals surface area contributed by atoms with Crippen molar-refractivity contribution in [3.05, 3.63) is 102 Å². The molecular formula is C33H40ILiN4O. The topological polar surface area (TPSA) is 60.8 Å². The van der Waals surface area contributed by atoms with Crippen LogP contribution in [0.25, 0.3) is 22.8 Å². The van der Waals surface area contributed by atoms with Crippen LogP contribution in [0, 0.1) is 6.92 Å². The van der Waals surface area contributed by atoms with Gasteiger partial charge in [0.25, 0.3) is 0 Å². The summed E-state index contributed by atoms with van der Waals surface area (Å²) in [5.41, 5.74) is 9.35. The molecule has 7 rings (SSSR count). The van der Waals surface area contributed by atoms with Crippen LogP contribution in [-0.2, 0) is 16.6 Å². The van der Waals surface area contributed by atoms with Gasteiger partial charge in [0.15, 0.2) is 0 Å². The van der Waals surface area contributed by atoms with E-state index in [4.69, 9.17) is 4.74 Å². The molecule has 0 aromatic carbocycles. The van der Waals surface area contributed by atoms with Crippen LogP contribution in [0.1, 0.15) is 68.7 Å². The van der Waals surface area contributed by atoms with Crippen molar-refractivity contribution in [2.45, 2.75) is 58.3 Å². The van der Waals surface area contributed by atoms with Gasteiger partial charge in [-0.15, -0.1) is 0 Å². The van der Waals surface area contributed by atoms with E-state index in [1.54, 1.807) is 0 Å². The monoisotopic (exact) mass is 642 g/mol. The number of halogens is 1. The molecule has 5 heterocycles. The third kappa shape index (κ3) is 8.45. The maximum absolute atomic E-state index is 4.94. The summed E-state index contributed by atoms with van der Waals surface area (Å²) in [5.74, 6) is 0. The van der Waals surface area contributed by atoms with Gasteiger partial charge < -0.3 is 11.7 Å². The largest absolute Gasteiger partial charge is 1.00 e. The number of unbranched alkanes of at least 4 members (excludes halogenated alkanes) is 1. The Labute approximate surface area is 266 Å². The quantitative estimate of drug-likeness (QED) is 0.108. The van der Waals surface area contributed by atoms with Crippen LogP contribution < -0.4 is 18.9 Å². The van der Waals surface area contributed by atoms with Gasteiger partial charge in [0, 0.05) is 49.8 Å². The molecule has 0 amide bonds. The second-order valence-electron chi connectivity index (χ2n) is 9.80. The molecule has 1 aliphatic heterocycles. The van der Waals surface area contributed by atoms with E-state index in [1.807, 2.05) is 54.0 Å². The zero-order chi connectivity index (χ0) is 28.1. The van der Waals surface area contributed by atoms with Gasteiger partial charge in [-0.3, -0.25) is 19.9 Å². The van der Waals surface area contributed by atoms with Gasteiger partial charge in [-0.25, -0.2) is 0 Å². The van der Waals surface area contributed by atoms with Gasteiger partial charge in [-0.2, -0.15) is 6.42 Å². The molecule has 1 fully saturated rings.